The minimum atomic E-state index is -0.690. The molecule has 3 rings (SSSR count). The zero-order valence-corrected chi connectivity index (χ0v) is 14.0. The van der Waals surface area contributed by atoms with Gasteiger partial charge in [0.05, 0.1) is 6.10 Å². The molecule has 2 N–H and O–H groups in total. The molecule has 2 aromatic carbocycles. The first-order valence-electron chi connectivity index (χ1n) is 8.17. The Bertz CT molecular complexity index is 957. The number of aryl methyl sites for hydroxylation is 1. The zero-order chi connectivity index (χ0) is 17.8. The van der Waals surface area contributed by atoms with Gasteiger partial charge in [-0.3, -0.25) is 9.59 Å². The Balaban J connectivity index is 1.66. The van der Waals surface area contributed by atoms with Crippen LogP contribution in [0.3, 0.4) is 0 Å². The molecule has 1 atom stereocenters. The van der Waals surface area contributed by atoms with E-state index in [2.05, 4.69) is 5.32 Å². The van der Waals surface area contributed by atoms with E-state index in [0.717, 1.165) is 16.3 Å². The summed E-state index contributed by atoms with van der Waals surface area (Å²) in [5.41, 5.74) is 0.599. The summed E-state index contributed by atoms with van der Waals surface area (Å²) in [6.07, 6.45) is 1.28. The van der Waals surface area contributed by atoms with E-state index < -0.39 is 12.0 Å². The smallest absolute Gasteiger partial charge is 0.263 e. The molecule has 128 valence electrons. The molecule has 0 saturated carbocycles. The lowest BCUT2D eigenvalue weighted by Crippen LogP contribution is -2.32. The van der Waals surface area contributed by atoms with E-state index in [1.54, 1.807) is 19.3 Å². The Labute approximate surface area is 145 Å². The largest absolute Gasteiger partial charge is 0.388 e. The van der Waals surface area contributed by atoms with Crippen LogP contribution in [0.2, 0.25) is 0 Å². The van der Waals surface area contributed by atoms with Crippen molar-refractivity contribution in [2.24, 2.45) is 7.05 Å². The highest BCUT2D eigenvalue weighted by atomic mass is 16.3. The fraction of sp³-hybridized carbons (Fsp3) is 0.200. The molecule has 0 aliphatic heterocycles. The van der Waals surface area contributed by atoms with Crippen molar-refractivity contribution in [3.63, 3.8) is 0 Å². The first kappa shape index (κ1) is 16.9. The number of rotatable bonds is 5. The molecule has 3 aromatic rings. The third kappa shape index (κ3) is 3.61. The second-order valence-corrected chi connectivity index (χ2v) is 5.97. The van der Waals surface area contributed by atoms with Crippen molar-refractivity contribution in [2.45, 2.75) is 12.5 Å². The molecule has 0 bridgehead atoms. The lowest BCUT2D eigenvalue weighted by atomic mass is 9.99. The van der Waals surface area contributed by atoms with Gasteiger partial charge in [0.1, 0.15) is 5.56 Å². The molecule has 0 aliphatic carbocycles. The minimum absolute atomic E-state index is 0.102. The van der Waals surface area contributed by atoms with Crippen molar-refractivity contribution in [1.29, 1.82) is 0 Å². The van der Waals surface area contributed by atoms with Gasteiger partial charge in [-0.1, -0.05) is 42.5 Å². The fourth-order valence-corrected chi connectivity index (χ4v) is 2.88. The number of pyridine rings is 1. The van der Waals surface area contributed by atoms with Gasteiger partial charge in [0, 0.05) is 19.8 Å². The van der Waals surface area contributed by atoms with Gasteiger partial charge < -0.3 is 15.0 Å². The molecule has 25 heavy (non-hydrogen) atoms. The Morgan fingerprint density at radius 3 is 2.72 bits per heavy atom. The third-order valence-electron chi connectivity index (χ3n) is 4.25. The zero-order valence-electron chi connectivity index (χ0n) is 14.0. The molecule has 0 saturated heterocycles. The normalized spacial score (nSPS) is 12.1. The van der Waals surface area contributed by atoms with Crippen LogP contribution in [0.1, 0.15) is 28.4 Å². The fourth-order valence-electron chi connectivity index (χ4n) is 2.88. The number of aliphatic hydroxyl groups is 1. The van der Waals surface area contributed by atoms with Crippen LogP contribution >= 0.6 is 0 Å². The van der Waals surface area contributed by atoms with E-state index in [1.165, 1.54) is 10.6 Å². The van der Waals surface area contributed by atoms with Gasteiger partial charge in [-0.25, -0.2) is 0 Å². The summed E-state index contributed by atoms with van der Waals surface area (Å²) in [5, 5.41) is 15.3. The maximum atomic E-state index is 12.1. The summed E-state index contributed by atoms with van der Waals surface area (Å²) in [6.45, 7) is 0.279. The van der Waals surface area contributed by atoms with Crippen LogP contribution in [0.15, 0.2) is 65.6 Å². The van der Waals surface area contributed by atoms with Gasteiger partial charge in [0.2, 0.25) is 0 Å². The molecule has 0 radical (unpaired) electrons. The van der Waals surface area contributed by atoms with E-state index in [9.17, 15) is 14.7 Å². The summed E-state index contributed by atoms with van der Waals surface area (Å²) in [4.78, 5) is 24.1. The van der Waals surface area contributed by atoms with E-state index in [4.69, 9.17) is 0 Å². The van der Waals surface area contributed by atoms with Crippen LogP contribution in [0.5, 0.6) is 0 Å². The number of amides is 1. The van der Waals surface area contributed by atoms with Crippen molar-refractivity contribution < 1.29 is 9.90 Å². The van der Waals surface area contributed by atoms with E-state index in [1.807, 2.05) is 42.5 Å². The number of benzene rings is 2. The molecule has 1 heterocycles. The number of carbonyl (C=O) groups is 1. The maximum absolute atomic E-state index is 12.1. The minimum Gasteiger partial charge on any atom is -0.388 e. The number of hydrogen-bond acceptors (Lipinski definition) is 3. The summed E-state index contributed by atoms with van der Waals surface area (Å²) < 4.78 is 1.36. The first-order valence-corrected chi connectivity index (χ1v) is 8.17. The van der Waals surface area contributed by atoms with Gasteiger partial charge in [0.25, 0.3) is 11.5 Å². The topological polar surface area (TPSA) is 71.3 Å². The van der Waals surface area contributed by atoms with Gasteiger partial charge in [0.15, 0.2) is 0 Å². The van der Waals surface area contributed by atoms with Crippen molar-refractivity contribution in [2.75, 3.05) is 6.54 Å². The maximum Gasteiger partial charge on any atom is 0.263 e. The van der Waals surface area contributed by atoms with E-state index in [0.29, 0.717) is 6.42 Å². The second kappa shape index (κ2) is 7.32. The van der Waals surface area contributed by atoms with Gasteiger partial charge in [-0.05, 0) is 34.9 Å². The van der Waals surface area contributed by atoms with Gasteiger partial charge in [-0.15, -0.1) is 0 Å². The standard InChI is InChI=1S/C20H20N2O3/c1-22-13-5-10-17(20(22)25)19(24)21-12-11-18(23)16-9-4-7-14-6-2-3-8-15(14)16/h2-10,13,18,23H,11-12H2,1H3,(H,21,24)/t18-/m0/s1. The Morgan fingerprint density at radius 2 is 1.88 bits per heavy atom. The highest BCUT2D eigenvalue weighted by Crippen LogP contribution is 2.25. The highest BCUT2D eigenvalue weighted by molar-refractivity contribution is 5.93. The lowest BCUT2D eigenvalue weighted by Gasteiger charge is -2.14. The number of nitrogens with one attached hydrogen (secondary N) is 1. The molecule has 5 heteroatoms. The van der Waals surface area contributed by atoms with Crippen LogP contribution in [0.4, 0.5) is 0 Å². The molecular weight excluding hydrogens is 316 g/mol. The summed E-state index contributed by atoms with van der Waals surface area (Å²) in [7, 11) is 1.60. The third-order valence-corrected chi connectivity index (χ3v) is 4.25. The molecule has 5 nitrogen and oxygen atoms in total. The summed E-state index contributed by atoms with van der Waals surface area (Å²) >= 11 is 0. The lowest BCUT2D eigenvalue weighted by molar-refractivity contribution is 0.0941. The Hall–Kier alpha value is -2.92. The van der Waals surface area contributed by atoms with Gasteiger partial charge in [-0.2, -0.15) is 0 Å². The van der Waals surface area contributed by atoms with Crippen molar-refractivity contribution in [3.05, 3.63) is 82.3 Å². The van der Waals surface area contributed by atoms with E-state index >= 15 is 0 Å². The van der Waals surface area contributed by atoms with Crippen molar-refractivity contribution in [1.82, 2.24) is 9.88 Å². The quantitative estimate of drug-likeness (QED) is 0.751. The monoisotopic (exact) mass is 336 g/mol. The second-order valence-electron chi connectivity index (χ2n) is 5.97. The molecule has 1 aromatic heterocycles. The predicted molar refractivity (Wildman–Crippen MR) is 97.5 cm³/mol. The average molecular weight is 336 g/mol. The Kier molecular flexibility index (Phi) is 4.95. The summed E-state index contributed by atoms with van der Waals surface area (Å²) in [6, 6.07) is 16.8. The first-order chi connectivity index (χ1) is 12.1. The molecule has 0 spiro atoms. The van der Waals surface area contributed by atoms with Crippen molar-refractivity contribution in [3.8, 4) is 0 Å². The number of nitrogens with zero attached hydrogens (tertiary/aromatic N) is 1. The van der Waals surface area contributed by atoms with Crippen LogP contribution < -0.4 is 10.9 Å². The molecule has 1 amide bonds. The predicted octanol–water partition coefficient (Wildman–Crippen LogP) is 2.39. The number of carbonyl (C=O) groups excluding carboxylic acids is 1. The average Bonchev–Trinajstić information content (AvgIpc) is 2.63. The number of hydrogen-bond donors (Lipinski definition) is 2. The Morgan fingerprint density at radius 1 is 1.12 bits per heavy atom. The number of fused-ring (bicyclic) bond motifs is 1. The van der Waals surface area contributed by atoms with Gasteiger partial charge >= 0.3 is 0 Å². The number of aliphatic hydroxyl groups excluding tert-OH is 1. The van der Waals surface area contributed by atoms with E-state index in [-0.39, 0.29) is 17.7 Å². The van der Waals surface area contributed by atoms with Crippen LogP contribution in [-0.2, 0) is 7.05 Å². The molecular formula is C20H20N2O3. The highest BCUT2D eigenvalue weighted by Gasteiger charge is 2.14. The number of aromatic nitrogens is 1. The van der Waals surface area contributed by atoms with Crippen molar-refractivity contribution >= 4 is 16.7 Å². The molecule has 0 unspecified atom stereocenters. The SMILES string of the molecule is Cn1cccc(C(=O)NCC[C@H](O)c2cccc3ccccc23)c1=O. The van der Waals surface area contributed by atoms with Crippen LogP contribution in [-0.4, -0.2) is 22.1 Å². The van der Waals surface area contributed by atoms with Crippen LogP contribution in [0.25, 0.3) is 10.8 Å². The van der Waals surface area contributed by atoms with Crippen LogP contribution in [0, 0.1) is 0 Å². The molecule has 0 fully saturated rings. The summed E-state index contributed by atoms with van der Waals surface area (Å²) in [5.74, 6) is -0.425. The molecule has 0 aliphatic rings.